The summed E-state index contributed by atoms with van der Waals surface area (Å²) in [6, 6.07) is 10.0. The molecule has 0 bridgehead atoms. The zero-order chi connectivity index (χ0) is 16.2. The monoisotopic (exact) mass is 329 g/mol. The van der Waals surface area contributed by atoms with Gasteiger partial charge in [-0.25, -0.2) is 4.98 Å². The average Bonchev–Trinajstić information content (AvgIpc) is 2.95. The van der Waals surface area contributed by atoms with Crippen LogP contribution in [0.3, 0.4) is 0 Å². The summed E-state index contributed by atoms with van der Waals surface area (Å²) in [7, 11) is 0. The number of thiazole rings is 1. The van der Waals surface area contributed by atoms with E-state index in [1.807, 2.05) is 35.7 Å². The lowest BCUT2D eigenvalue weighted by atomic mass is 9.92. The number of piperidine rings is 1. The third kappa shape index (κ3) is 4.39. The maximum absolute atomic E-state index is 12.3. The van der Waals surface area contributed by atoms with Crippen LogP contribution in [0.4, 0.5) is 5.13 Å². The van der Waals surface area contributed by atoms with Crippen LogP contribution >= 0.6 is 11.3 Å². The first-order valence-corrected chi connectivity index (χ1v) is 9.01. The van der Waals surface area contributed by atoms with Gasteiger partial charge >= 0.3 is 0 Å². The molecule has 2 aromatic rings. The second kappa shape index (κ2) is 7.23. The minimum absolute atomic E-state index is 0.0280. The highest BCUT2D eigenvalue weighted by Gasteiger charge is 2.23. The predicted octanol–water partition coefficient (Wildman–Crippen LogP) is 3.73. The molecule has 0 aliphatic carbocycles. The molecule has 0 spiro atoms. The summed E-state index contributed by atoms with van der Waals surface area (Å²) >= 11 is 1.47. The van der Waals surface area contributed by atoms with Crippen molar-refractivity contribution in [1.82, 2.24) is 9.88 Å². The van der Waals surface area contributed by atoms with Crippen molar-refractivity contribution in [2.45, 2.75) is 20.3 Å². The summed E-state index contributed by atoms with van der Waals surface area (Å²) in [5.74, 6) is 1.35. The lowest BCUT2D eigenvalue weighted by molar-refractivity contribution is -0.117. The fraction of sp³-hybridized carbons (Fsp3) is 0.444. The molecule has 1 aromatic carbocycles. The molecule has 122 valence electrons. The molecular formula is C18H23N3OS. The second-order valence-electron chi connectivity index (χ2n) is 6.59. The maximum Gasteiger partial charge on any atom is 0.240 e. The smallest absolute Gasteiger partial charge is 0.240 e. The average molecular weight is 329 g/mol. The molecule has 1 aliphatic rings. The number of anilines is 1. The molecule has 5 heteroatoms. The highest BCUT2D eigenvalue weighted by Crippen LogP contribution is 2.25. The molecule has 0 saturated carbocycles. The van der Waals surface area contributed by atoms with Crippen LogP contribution in [0.2, 0.25) is 0 Å². The van der Waals surface area contributed by atoms with Gasteiger partial charge in [0.15, 0.2) is 5.13 Å². The Morgan fingerprint density at radius 2 is 1.96 bits per heavy atom. The summed E-state index contributed by atoms with van der Waals surface area (Å²) in [6.45, 7) is 6.98. The number of benzene rings is 1. The summed E-state index contributed by atoms with van der Waals surface area (Å²) < 4.78 is 0. The van der Waals surface area contributed by atoms with Gasteiger partial charge in [0.1, 0.15) is 0 Å². The summed E-state index contributed by atoms with van der Waals surface area (Å²) in [4.78, 5) is 19.0. The maximum atomic E-state index is 12.3. The van der Waals surface area contributed by atoms with Gasteiger partial charge in [0.25, 0.3) is 0 Å². The molecule has 2 atom stereocenters. The lowest BCUT2D eigenvalue weighted by Crippen LogP contribution is -2.42. The number of aromatic nitrogens is 1. The zero-order valence-electron chi connectivity index (χ0n) is 13.7. The first-order valence-electron chi connectivity index (χ1n) is 8.13. The van der Waals surface area contributed by atoms with Gasteiger partial charge in [-0.1, -0.05) is 44.2 Å². The number of amides is 1. The number of likely N-dealkylation sites (tertiary alicyclic amines) is 1. The predicted molar refractivity (Wildman–Crippen MR) is 95.6 cm³/mol. The van der Waals surface area contributed by atoms with Gasteiger partial charge in [0.2, 0.25) is 5.91 Å². The van der Waals surface area contributed by atoms with Crippen LogP contribution in [-0.4, -0.2) is 35.4 Å². The Hall–Kier alpha value is -1.72. The fourth-order valence-corrected chi connectivity index (χ4v) is 4.09. The van der Waals surface area contributed by atoms with Crippen molar-refractivity contribution in [3.8, 4) is 11.3 Å². The Morgan fingerprint density at radius 1 is 1.26 bits per heavy atom. The highest BCUT2D eigenvalue weighted by molar-refractivity contribution is 7.14. The molecular weight excluding hydrogens is 306 g/mol. The van der Waals surface area contributed by atoms with Crippen LogP contribution in [0, 0.1) is 11.8 Å². The Balaban J connectivity index is 1.57. The van der Waals surface area contributed by atoms with Gasteiger partial charge in [0.05, 0.1) is 12.2 Å². The number of rotatable bonds is 4. The Bertz CT molecular complexity index is 645. The van der Waals surface area contributed by atoms with Crippen LogP contribution < -0.4 is 5.32 Å². The van der Waals surface area contributed by atoms with E-state index in [-0.39, 0.29) is 5.91 Å². The van der Waals surface area contributed by atoms with Crippen molar-refractivity contribution in [3.05, 3.63) is 35.7 Å². The number of hydrogen-bond donors (Lipinski definition) is 1. The van der Waals surface area contributed by atoms with Gasteiger partial charge in [-0.3, -0.25) is 9.69 Å². The first-order chi connectivity index (χ1) is 11.1. The van der Waals surface area contributed by atoms with E-state index < -0.39 is 0 Å². The van der Waals surface area contributed by atoms with Crippen LogP contribution in [0.5, 0.6) is 0 Å². The molecule has 2 heterocycles. The van der Waals surface area contributed by atoms with Crippen molar-refractivity contribution >= 4 is 22.4 Å². The van der Waals surface area contributed by atoms with E-state index >= 15 is 0 Å². The highest BCUT2D eigenvalue weighted by atomic mass is 32.1. The van der Waals surface area contributed by atoms with E-state index in [0.29, 0.717) is 23.5 Å². The van der Waals surface area contributed by atoms with Gasteiger partial charge < -0.3 is 5.32 Å². The Labute approximate surface area is 141 Å². The number of hydrogen-bond acceptors (Lipinski definition) is 4. The van der Waals surface area contributed by atoms with Crippen LogP contribution in [0.1, 0.15) is 20.3 Å². The van der Waals surface area contributed by atoms with Gasteiger partial charge in [-0.15, -0.1) is 11.3 Å². The number of carbonyl (C=O) groups is 1. The van der Waals surface area contributed by atoms with E-state index in [2.05, 4.69) is 29.0 Å². The quantitative estimate of drug-likeness (QED) is 0.930. The Kier molecular flexibility index (Phi) is 5.08. The normalized spacial score (nSPS) is 22.0. The van der Waals surface area contributed by atoms with E-state index in [4.69, 9.17) is 0 Å². The van der Waals surface area contributed by atoms with Gasteiger partial charge in [-0.05, 0) is 18.3 Å². The zero-order valence-corrected chi connectivity index (χ0v) is 14.5. The van der Waals surface area contributed by atoms with Crippen LogP contribution in [-0.2, 0) is 4.79 Å². The molecule has 23 heavy (non-hydrogen) atoms. The minimum atomic E-state index is 0.0280. The van der Waals surface area contributed by atoms with E-state index in [0.717, 1.165) is 24.3 Å². The summed E-state index contributed by atoms with van der Waals surface area (Å²) in [5.41, 5.74) is 1.98. The van der Waals surface area contributed by atoms with Crippen molar-refractivity contribution in [1.29, 1.82) is 0 Å². The second-order valence-corrected chi connectivity index (χ2v) is 7.45. The van der Waals surface area contributed by atoms with Crippen molar-refractivity contribution in [3.63, 3.8) is 0 Å². The molecule has 3 rings (SSSR count). The fourth-order valence-electron chi connectivity index (χ4n) is 3.36. The number of carbonyl (C=O) groups excluding carboxylic acids is 1. The molecule has 0 unspecified atom stereocenters. The molecule has 0 radical (unpaired) electrons. The third-order valence-electron chi connectivity index (χ3n) is 4.13. The first kappa shape index (κ1) is 16.1. The summed E-state index contributed by atoms with van der Waals surface area (Å²) in [5, 5.41) is 5.59. The van der Waals surface area contributed by atoms with Gasteiger partial charge in [-0.2, -0.15) is 0 Å². The molecule has 1 amide bonds. The van der Waals surface area contributed by atoms with Crippen LogP contribution in [0.25, 0.3) is 11.3 Å². The van der Waals surface area contributed by atoms with Gasteiger partial charge in [0, 0.05) is 24.0 Å². The van der Waals surface area contributed by atoms with E-state index in [1.54, 1.807) is 0 Å². The minimum Gasteiger partial charge on any atom is -0.301 e. The molecule has 1 aromatic heterocycles. The van der Waals surface area contributed by atoms with Crippen LogP contribution in [0.15, 0.2) is 35.7 Å². The molecule has 1 N–H and O–H groups in total. The molecule has 1 saturated heterocycles. The molecule has 1 fully saturated rings. The van der Waals surface area contributed by atoms with E-state index in [9.17, 15) is 4.79 Å². The number of nitrogens with zero attached hydrogens (tertiary/aromatic N) is 2. The van der Waals surface area contributed by atoms with E-state index in [1.165, 1.54) is 17.8 Å². The third-order valence-corrected chi connectivity index (χ3v) is 4.89. The molecule has 1 aliphatic heterocycles. The SMILES string of the molecule is C[C@H]1C[C@H](C)CN(CC(=O)Nc2nc(-c3ccccc3)cs2)C1. The van der Waals surface area contributed by atoms with Crippen molar-refractivity contribution < 1.29 is 4.79 Å². The van der Waals surface area contributed by atoms with Crippen molar-refractivity contribution in [2.75, 3.05) is 25.0 Å². The lowest BCUT2D eigenvalue weighted by Gasteiger charge is -2.34. The standard InChI is InChI=1S/C18H23N3OS/c1-13-8-14(2)10-21(9-13)11-17(22)20-18-19-16(12-23-18)15-6-4-3-5-7-15/h3-7,12-14H,8-11H2,1-2H3,(H,19,20,22)/t13-,14-/m0/s1. The number of nitrogens with one attached hydrogen (secondary N) is 1. The summed E-state index contributed by atoms with van der Waals surface area (Å²) in [6.07, 6.45) is 1.25. The largest absolute Gasteiger partial charge is 0.301 e. The topological polar surface area (TPSA) is 45.2 Å². The Morgan fingerprint density at radius 3 is 2.65 bits per heavy atom. The molecule has 4 nitrogen and oxygen atoms in total. The van der Waals surface area contributed by atoms with Crippen molar-refractivity contribution in [2.24, 2.45) is 11.8 Å².